The molecule has 2 aliphatic heterocycles. The number of benzene rings is 4. The maximum atomic E-state index is 14.0. The SMILES string of the molecule is COc1ccc(COC(=O)C2=C(C=P(c3ccccc3)(c3ccccc3)c3ccccc3)CS[C@H]3C(NC=O)C(=O)N23)cc1. The first-order valence-electron chi connectivity index (χ1n) is 14.2. The predicted octanol–water partition coefficient (Wildman–Crippen LogP) is 3.82. The molecule has 1 saturated heterocycles. The lowest BCUT2D eigenvalue weighted by Gasteiger charge is -2.49. The Morgan fingerprint density at radius 2 is 1.43 bits per heavy atom. The molecule has 2 heterocycles. The molecule has 2 aliphatic rings. The molecule has 1 N–H and O–H groups in total. The number of nitrogens with zero attached hydrogens (tertiary/aromatic N) is 1. The first-order valence-corrected chi connectivity index (χ1v) is 17.1. The number of thioether (sulfide) groups is 1. The van der Waals surface area contributed by atoms with E-state index in [2.05, 4.69) is 47.5 Å². The van der Waals surface area contributed by atoms with Gasteiger partial charge in [0.1, 0.15) is 29.5 Å². The number of amides is 2. The Hall–Kier alpha value is -4.52. The molecule has 0 saturated carbocycles. The van der Waals surface area contributed by atoms with Crippen LogP contribution >= 0.6 is 18.6 Å². The second kappa shape index (κ2) is 13.0. The molecule has 2 amide bonds. The number of hydrogen-bond acceptors (Lipinski definition) is 6. The first kappa shape index (κ1) is 29.5. The summed E-state index contributed by atoms with van der Waals surface area (Å²) in [5.41, 5.74) is 1.75. The molecule has 0 spiro atoms. The van der Waals surface area contributed by atoms with Crippen molar-refractivity contribution in [2.24, 2.45) is 0 Å². The molecule has 44 heavy (non-hydrogen) atoms. The molecule has 1 unspecified atom stereocenters. The fraction of sp³-hybridized carbons (Fsp3) is 0.143. The molecule has 2 atom stereocenters. The van der Waals surface area contributed by atoms with Gasteiger partial charge in [-0.05, 0) is 51.9 Å². The van der Waals surface area contributed by atoms with E-state index >= 15 is 0 Å². The van der Waals surface area contributed by atoms with Gasteiger partial charge < -0.3 is 14.8 Å². The van der Waals surface area contributed by atoms with Crippen LogP contribution in [0.15, 0.2) is 127 Å². The summed E-state index contributed by atoms with van der Waals surface area (Å²) < 4.78 is 11.1. The second-order valence-corrected chi connectivity index (χ2v) is 14.7. The standard InChI is InChI=1S/C35H31N2O5PS/c1-41-27-19-17-25(18-20-27)21-42-35(40)32-26(23-44-34-31(36-24-38)33(39)37(32)34)22-43(28-11-5-2-6-12-28,29-13-7-3-8-14-29)30-15-9-4-10-16-30/h2-20,22,24,31,34H,21,23H2,1H3,(H,36,38)/t31?,34-/m0/s1. The number of nitrogens with one attached hydrogen (secondary N) is 1. The first-order chi connectivity index (χ1) is 21.6. The van der Waals surface area contributed by atoms with Gasteiger partial charge in [0.25, 0.3) is 5.91 Å². The number of esters is 1. The summed E-state index contributed by atoms with van der Waals surface area (Å²) in [6.45, 7) is -2.45. The third-order valence-corrected chi connectivity index (χ3v) is 13.1. The quantitative estimate of drug-likeness (QED) is 0.125. The number of hydrogen-bond donors (Lipinski definition) is 1. The Morgan fingerprint density at radius 1 is 0.886 bits per heavy atom. The van der Waals surface area contributed by atoms with E-state index in [1.807, 2.05) is 78.9 Å². The fourth-order valence-corrected chi connectivity index (χ4v) is 11.0. The number of carbonyl (C=O) groups excluding carboxylic acids is 3. The van der Waals surface area contributed by atoms with Crippen molar-refractivity contribution in [3.8, 4) is 5.75 Å². The van der Waals surface area contributed by atoms with Crippen molar-refractivity contribution in [1.82, 2.24) is 10.2 Å². The Morgan fingerprint density at radius 3 is 1.93 bits per heavy atom. The van der Waals surface area contributed by atoms with Crippen LogP contribution in [-0.4, -0.2) is 53.3 Å². The zero-order valence-corrected chi connectivity index (χ0v) is 25.7. The van der Waals surface area contributed by atoms with Gasteiger partial charge in [0.15, 0.2) is 0 Å². The Balaban J connectivity index is 1.54. The maximum absolute atomic E-state index is 14.0. The van der Waals surface area contributed by atoms with Crippen molar-refractivity contribution < 1.29 is 23.9 Å². The van der Waals surface area contributed by atoms with Gasteiger partial charge in [-0.1, -0.05) is 103 Å². The van der Waals surface area contributed by atoms with Crippen LogP contribution in [0.5, 0.6) is 5.75 Å². The summed E-state index contributed by atoms with van der Waals surface area (Å²) in [7, 11) is 1.59. The smallest absolute Gasteiger partial charge is 0.355 e. The molecular formula is C35H31N2O5PS. The van der Waals surface area contributed by atoms with E-state index in [-0.39, 0.29) is 18.2 Å². The Kier molecular flexibility index (Phi) is 8.73. The maximum Gasteiger partial charge on any atom is 0.355 e. The van der Waals surface area contributed by atoms with Crippen LogP contribution in [0.2, 0.25) is 0 Å². The van der Waals surface area contributed by atoms with Gasteiger partial charge in [0.2, 0.25) is 6.41 Å². The minimum absolute atomic E-state index is 0.0335. The van der Waals surface area contributed by atoms with E-state index in [0.717, 1.165) is 27.1 Å². The molecule has 0 aliphatic carbocycles. The van der Waals surface area contributed by atoms with Crippen molar-refractivity contribution in [1.29, 1.82) is 0 Å². The number of rotatable bonds is 10. The second-order valence-electron chi connectivity index (χ2n) is 10.3. The normalized spacial score (nSPS) is 17.7. The van der Waals surface area contributed by atoms with E-state index in [0.29, 0.717) is 17.9 Å². The van der Waals surface area contributed by atoms with Crippen molar-refractivity contribution >= 4 is 58.6 Å². The highest BCUT2D eigenvalue weighted by Gasteiger charge is 2.53. The summed E-state index contributed by atoms with van der Waals surface area (Å²) in [5.74, 6) is 2.47. The molecule has 0 aromatic heterocycles. The van der Waals surface area contributed by atoms with Gasteiger partial charge in [-0.3, -0.25) is 14.5 Å². The average molecular weight is 623 g/mol. The van der Waals surface area contributed by atoms with Gasteiger partial charge in [-0.2, -0.15) is 0 Å². The molecule has 4 aromatic rings. The van der Waals surface area contributed by atoms with E-state index in [1.165, 1.54) is 16.7 Å². The third-order valence-electron chi connectivity index (χ3n) is 7.81. The van der Waals surface area contributed by atoms with Crippen molar-refractivity contribution in [2.45, 2.75) is 18.0 Å². The van der Waals surface area contributed by atoms with Crippen LogP contribution in [0, 0.1) is 0 Å². The minimum atomic E-state index is -2.48. The van der Waals surface area contributed by atoms with Crippen LogP contribution in [0.1, 0.15) is 5.56 Å². The fourth-order valence-electron chi connectivity index (χ4n) is 5.66. The highest BCUT2D eigenvalue weighted by atomic mass is 32.2. The number of fused-ring (bicyclic) bond motifs is 1. The number of carbonyl (C=O) groups is 3. The average Bonchev–Trinajstić information content (AvgIpc) is 3.09. The summed E-state index contributed by atoms with van der Waals surface area (Å²) in [6.07, 6.45) is 0.532. The van der Waals surface area contributed by atoms with Gasteiger partial charge in [0, 0.05) is 5.75 Å². The lowest BCUT2D eigenvalue weighted by Crippen LogP contribution is -2.69. The Bertz CT molecular complexity index is 1640. The van der Waals surface area contributed by atoms with Crippen LogP contribution in [0.4, 0.5) is 0 Å². The number of β-lactam (4-membered cyclic amide) rings is 1. The molecular weight excluding hydrogens is 591 g/mol. The predicted molar refractivity (Wildman–Crippen MR) is 177 cm³/mol. The molecule has 7 nitrogen and oxygen atoms in total. The Labute approximate surface area is 260 Å². The zero-order chi connectivity index (χ0) is 30.5. The summed E-state index contributed by atoms with van der Waals surface area (Å²) >= 11 is 1.53. The van der Waals surface area contributed by atoms with Crippen LogP contribution in [0.3, 0.4) is 0 Å². The van der Waals surface area contributed by atoms with Crippen LogP contribution < -0.4 is 26.0 Å². The van der Waals surface area contributed by atoms with Gasteiger partial charge in [0.05, 0.1) is 7.11 Å². The molecule has 222 valence electrons. The lowest BCUT2D eigenvalue weighted by molar-refractivity contribution is -0.152. The van der Waals surface area contributed by atoms with Crippen molar-refractivity contribution in [3.63, 3.8) is 0 Å². The highest BCUT2D eigenvalue weighted by Crippen LogP contribution is 2.47. The molecule has 4 aromatic carbocycles. The van der Waals surface area contributed by atoms with E-state index in [4.69, 9.17) is 9.47 Å². The van der Waals surface area contributed by atoms with Gasteiger partial charge >= 0.3 is 5.97 Å². The van der Waals surface area contributed by atoms with Gasteiger partial charge in [-0.15, -0.1) is 11.8 Å². The monoisotopic (exact) mass is 622 g/mol. The van der Waals surface area contributed by atoms with Crippen LogP contribution in [-0.2, 0) is 25.7 Å². The third kappa shape index (κ3) is 5.47. The molecule has 9 heteroatoms. The molecule has 0 bridgehead atoms. The topological polar surface area (TPSA) is 84.9 Å². The summed E-state index contributed by atoms with van der Waals surface area (Å²) in [5, 5.41) is 5.59. The van der Waals surface area contributed by atoms with Gasteiger partial charge in [-0.25, -0.2) is 4.79 Å². The minimum Gasteiger partial charge on any atom is -0.497 e. The van der Waals surface area contributed by atoms with E-state index < -0.39 is 24.3 Å². The van der Waals surface area contributed by atoms with Crippen LogP contribution in [0.25, 0.3) is 0 Å². The zero-order valence-electron chi connectivity index (χ0n) is 24.0. The molecule has 1 fully saturated rings. The largest absolute Gasteiger partial charge is 0.497 e. The van der Waals surface area contributed by atoms with E-state index in [1.54, 1.807) is 7.11 Å². The van der Waals surface area contributed by atoms with E-state index in [9.17, 15) is 14.4 Å². The van der Waals surface area contributed by atoms with Crippen molar-refractivity contribution in [2.75, 3.05) is 12.9 Å². The summed E-state index contributed by atoms with van der Waals surface area (Å²) in [4.78, 5) is 40.2. The molecule has 0 radical (unpaired) electrons. The van der Waals surface area contributed by atoms with Crippen molar-refractivity contribution in [3.05, 3.63) is 132 Å². The molecule has 6 rings (SSSR count). The summed E-state index contributed by atoms with van der Waals surface area (Å²) in [6, 6.07) is 37.5. The number of methoxy groups -OCH3 is 1. The number of ether oxygens (including phenoxy) is 2. The highest BCUT2D eigenvalue weighted by molar-refractivity contribution is 8.00. The lowest BCUT2D eigenvalue weighted by atomic mass is 10.0.